The molecule has 0 spiro atoms. The minimum Gasteiger partial charge on any atom is -0.347 e. The first kappa shape index (κ1) is 26.9. The van der Waals surface area contributed by atoms with Gasteiger partial charge < -0.3 is 20.5 Å². The number of hydrogen-bond acceptors (Lipinski definition) is 4. The average Bonchev–Trinajstić information content (AvgIpc) is 3.40. The van der Waals surface area contributed by atoms with Crippen LogP contribution in [0.1, 0.15) is 22.4 Å². The van der Waals surface area contributed by atoms with E-state index in [1.54, 1.807) is 30.3 Å². The summed E-state index contributed by atoms with van der Waals surface area (Å²) >= 11 is 5.66. The lowest BCUT2D eigenvalue weighted by atomic mass is 9.99. The number of hydrogen-bond donors (Lipinski definition) is 3. The second-order valence-corrected chi connectivity index (χ2v) is 9.08. The van der Waals surface area contributed by atoms with Crippen molar-refractivity contribution >= 4 is 40.6 Å². The van der Waals surface area contributed by atoms with Gasteiger partial charge in [0.25, 0.3) is 5.91 Å². The molecular weight excluding hydrogens is 552 g/mol. The monoisotopic (exact) mass is 570 g/mol. The molecule has 1 aliphatic heterocycles. The Balaban J connectivity index is 1.53. The SMILES string of the molecule is O=C(Nc1ccc(Cl)c(C(F)(F)F)c1)N[C@@H]1N=C(c2ccccc2F)c2ccccc2N(Cc2cnc[nH]2)C1=O. The number of amides is 3. The normalized spacial score (nSPS) is 15.2. The molecule has 1 aliphatic rings. The largest absolute Gasteiger partial charge is 0.417 e. The van der Waals surface area contributed by atoms with E-state index in [4.69, 9.17) is 11.6 Å². The molecule has 3 aromatic carbocycles. The van der Waals surface area contributed by atoms with E-state index in [2.05, 4.69) is 25.6 Å². The van der Waals surface area contributed by atoms with Crippen LogP contribution in [0.3, 0.4) is 0 Å². The maximum Gasteiger partial charge on any atom is 0.417 e. The number of urea groups is 1. The summed E-state index contributed by atoms with van der Waals surface area (Å²) in [4.78, 5) is 39.4. The van der Waals surface area contributed by atoms with E-state index in [9.17, 15) is 27.2 Å². The van der Waals surface area contributed by atoms with Gasteiger partial charge in [-0.15, -0.1) is 0 Å². The van der Waals surface area contributed by atoms with Crippen LogP contribution in [0.25, 0.3) is 0 Å². The smallest absolute Gasteiger partial charge is 0.347 e. The second kappa shape index (κ2) is 10.8. The number of nitrogens with zero attached hydrogens (tertiary/aromatic N) is 3. The third-order valence-corrected chi connectivity index (χ3v) is 6.35. The topological polar surface area (TPSA) is 102 Å². The summed E-state index contributed by atoms with van der Waals surface area (Å²) in [6.45, 7) is 0.0157. The molecule has 0 radical (unpaired) electrons. The van der Waals surface area contributed by atoms with Gasteiger partial charge in [-0.2, -0.15) is 13.2 Å². The van der Waals surface area contributed by atoms with Crippen LogP contribution in [0.2, 0.25) is 5.02 Å². The Hall–Kier alpha value is -4.71. The van der Waals surface area contributed by atoms with Crippen LogP contribution in [0, 0.1) is 5.82 Å². The molecule has 0 saturated heterocycles. The molecule has 0 unspecified atom stereocenters. The van der Waals surface area contributed by atoms with Gasteiger partial charge in [0.15, 0.2) is 0 Å². The van der Waals surface area contributed by atoms with Gasteiger partial charge in [-0.25, -0.2) is 19.2 Å². The average molecular weight is 571 g/mol. The highest BCUT2D eigenvalue weighted by Crippen LogP contribution is 2.36. The predicted molar refractivity (Wildman–Crippen MR) is 141 cm³/mol. The molecule has 0 bridgehead atoms. The number of carbonyl (C=O) groups excluding carboxylic acids is 2. The molecular formula is C27H19ClF4N6O2. The predicted octanol–water partition coefficient (Wildman–Crippen LogP) is 5.75. The number of imidazole rings is 1. The quantitative estimate of drug-likeness (QED) is 0.266. The summed E-state index contributed by atoms with van der Waals surface area (Å²) in [5.41, 5.74) is 0.238. The number of anilines is 2. The number of carbonyl (C=O) groups is 2. The lowest BCUT2D eigenvalue weighted by Gasteiger charge is -2.25. The van der Waals surface area contributed by atoms with Crippen molar-refractivity contribution in [3.63, 3.8) is 0 Å². The molecule has 3 N–H and O–H groups in total. The number of fused-ring (bicyclic) bond motifs is 1. The minimum atomic E-state index is -4.75. The number of halogens is 5. The number of H-pyrrole nitrogens is 1. The molecule has 0 fully saturated rings. The molecule has 0 aliphatic carbocycles. The molecule has 0 saturated carbocycles. The van der Waals surface area contributed by atoms with E-state index in [0.29, 0.717) is 23.0 Å². The molecule has 8 nitrogen and oxygen atoms in total. The number of aromatic amines is 1. The lowest BCUT2D eigenvalue weighted by Crippen LogP contribution is -2.48. The van der Waals surface area contributed by atoms with Gasteiger partial charge in [0.1, 0.15) is 5.82 Å². The van der Waals surface area contributed by atoms with Crippen molar-refractivity contribution in [1.82, 2.24) is 15.3 Å². The van der Waals surface area contributed by atoms with Crippen molar-refractivity contribution in [2.75, 3.05) is 10.2 Å². The molecule has 1 aromatic heterocycles. The Morgan fingerprint density at radius 1 is 1.05 bits per heavy atom. The Labute approximate surface area is 229 Å². The Morgan fingerprint density at radius 2 is 1.77 bits per heavy atom. The fraction of sp³-hybridized carbons (Fsp3) is 0.111. The van der Waals surface area contributed by atoms with Crippen molar-refractivity contribution in [2.45, 2.75) is 18.9 Å². The van der Waals surface area contributed by atoms with Crippen LogP contribution in [-0.4, -0.2) is 33.8 Å². The summed E-state index contributed by atoms with van der Waals surface area (Å²) in [7, 11) is 0. The van der Waals surface area contributed by atoms with Gasteiger partial charge in [0.2, 0.25) is 6.17 Å². The zero-order valence-electron chi connectivity index (χ0n) is 20.3. The first-order chi connectivity index (χ1) is 19.1. The number of aliphatic imine (C=N–C) groups is 1. The van der Waals surface area contributed by atoms with E-state index in [1.165, 1.54) is 41.7 Å². The van der Waals surface area contributed by atoms with Crippen LogP contribution in [0.15, 0.2) is 84.2 Å². The highest BCUT2D eigenvalue weighted by atomic mass is 35.5. The van der Waals surface area contributed by atoms with Gasteiger partial charge in [-0.3, -0.25) is 4.79 Å². The summed E-state index contributed by atoms with van der Waals surface area (Å²) in [5, 5.41) is 4.14. The van der Waals surface area contributed by atoms with Gasteiger partial charge in [0, 0.05) is 23.0 Å². The van der Waals surface area contributed by atoms with Gasteiger partial charge in [-0.1, -0.05) is 41.9 Å². The molecule has 4 aromatic rings. The fourth-order valence-corrected chi connectivity index (χ4v) is 4.43. The number of benzodiazepines with no additional fused rings is 1. The number of aromatic nitrogens is 2. The molecule has 40 heavy (non-hydrogen) atoms. The number of alkyl halides is 3. The molecule has 5 rings (SSSR count). The van der Waals surface area contributed by atoms with Crippen LogP contribution >= 0.6 is 11.6 Å². The van der Waals surface area contributed by atoms with E-state index < -0.39 is 40.7 Å². The van der Waals surface area contributed by atoms with E-state index in [1.807, 2.05) is 0 Å². The zero-order chi connectivity index (χ0) is 28.4. The first-order valence-electron chi connectivity index (χ1n) is 11.8. The number of rotatable bonds is 5. The van der Waals surface area contributed by atoms with Crippen molar-refractivity contribution in [3.05, 3.63) is 112 Å². The maximum absolute atomic E-state index is 14.9. The second-order valence-electron chi connectivity index (χ2n) is 8.67. The van der Waals surface area contributed by atoms with Gasteiger partial charge >= 0.3 is 12.2 Å². The molecule has 204 valence electrons. The first-order valence-corrected chi connectivity index (χ1v) is 12.1. The van der Waals surface area contributed by atoms with Gasteiger partial charge in [0.05, 0.1) is 40.6 Å². The lowest BCUT2D eigenvalue weighted by molar-refractivity contribution is -0.137. The highest BCUT2D eigenvalue weighted by molar-refractivity contribution is 6.31. The summed E-state index contributed by atoms with van der Waals surface area (Å²) in [5.74, 6) is -1.27. The molecule has 1 atom stereocenters. The van der Waals surface area contributed by atoms with Crippen LogP contribution < -0.4 is 15.5 Å². The Morgan fingerprint density at radius 3 is 2.48 bits per heavy atom. The molecule has 13 heteroatoms. The third-order valence-electron chi connectivity index (χ3n) is 6.02. The number of para-hydroxylation sites is 1. The standard InChI is InChI=1S/C27H19ClF4N6O2/c28-20-10-9-15(11-19(20)27(30,31)32)35-26(40)37-24-25(39)38(13-16-12-33-14-34-16)22-8-4-2-6-18(22)23(36-24)17-5-1-3-7-21(17)29/h1-12,14,24H,13H2,(H,33,34)(H2,35,37,40)/t24-/m0/s1. The van der Waals surface area contributed by atoms with Crippen molar-refractivity contribution in [2.24, 2.45) is 4.99 Å². The minimum absolute atomic E-state index is 0.0157. The van der Waals surface area contributed by atoms with Crippen molar-refractivity contribution in [1.29, 1.82) is 0 Å². The van der Waals surface area contributed by atoms with Gasteiger partial charge in [-0.05, 0) is 36.4 Å². The summed E-state index contributed by atoms with van der Waals surface area (Å²) in [6, 6.07) is 14.4. The number of nitrogens with one attached hydrogen (secondary N) is 3. The molecule has 3 amide bonds. The van der Waals surface area contributed by atoms with Crippen molar-refractivity contribution < 1.29 is 27.2 Å². The van der Waals surface area contributed by atoms with E-state index >= 15 is 0 Å². The maximum atomic E-state index is 14.9. The van der Waals surface area contributed by atoms with Crippen molar-refractivity contribution in [3.8, 4) is 0 Å². The molecule has 2 heterocycles. The number of benzene rings is 3. The zero-order valence-corrected chi connectivity index (χ0v) is 21.1. The fourth-order valence-electron chi connectivity index (χ4n) is 4.21. The van der Waals surface area contributed by atoms with E-state index in [-0.39, 0.29) is 23.5 Å². The summed E-state index contributed by atoms with van der Waals surface area (Å²) < 4.78 is 54.8. The highest BCUT2D eigenvalue weighted by Gasteiger charge is 2.35. The van der Waals surface area contributed by atoms with E-state index in [0.717, 1.165) is 6.07 Å². The van der Waals surface area contributed by atoms with Crippen LogP contribution in [-0.2, 0) is 17.5 Å². The van der Waals surface area contributed by atoms with Crippen LogP contribution in [0.4, 0.5) is 33.7 Å². The third kappa shape index (κ3) is 5.52. The Kier molecular flexibility index (Phi) is 7.26. The van der Waals surface area contributed by atoms with Crippen LogP contribution in [0.5, 0.6) is 0 Å². The Bertz CT molecular complexity index is 1610. The summed E-state index contributed by atoms with van der Waals surface area (Å²) in [6.07, 6.45) is -3.36.